The van der Waals surface area contributed by atoms with Gasteiger partial charge in [-0.25, -0.2) is 4.39 Å². The van der Waals surface area contributed by atoms with Gasteiger partial charge in [-0.1, -0.05) is 30.3 Å². The lowest BCUT2D eigenvalue weighted by Crippen LogP contribution is -2.61. The number of nitro groups is 1. The average molecular weight is 461 g/mol. The van der Waals surface area contributed by atoms with E-state index in [1.807, 2.05) is 24.3 Å². The number of hydrogen-bond acceptors (Lipinski definition) is 5. The summed E-state index contributed by atoms with van der Waals surface area (Å²) in [6.07, 6.45) is 0.427. The minimum atomic E-state index is -0.399. The highest BCUT2D eigenvalue weighted by Gasteiger charge is 2.42. The van der Waals surface area contributed by atoms with Gasteiger partial charge in [0.05, 0.1) is 16.9 Å². The highest BCUT2D eigenvalue weighted by atomic mass is 19.1. The van der Waals surface area contributed by atoms with E-state index in [9.17, 15) is 19.3 Å². The lowest BCUT2D eigenvalue weighted by atomic mass is 9.83. The van der Waals surface area contributed by atoms with Crippen LogP contribution >= 0.6 is 0 Å². The number of carbonyl (C=O) groups is 1. The van der Waals surface area contributed by atoms with Gasteiger partial charge in [0.25, 0.3) is 5.69 Å². The molecule has 3 aromatic carbocycles. The zero-order valence-electron chi connectivity index (χ0n) is 18.6. The van der Waals surface area contributed by atoms with Gasteiger partial charge in [0, 0.05) is 49.7 Å². The van der Waals surface area contributed by atoms with Crippen LogP contribution in [0.4, 0.5) is 21.5 Å². The lowest BCUT2D eigenvalue weighted by molar-refractivity contribution is -0.384. The van der Waals surface area contributed by atoms with E-state index < -0.39 is 4.92 Å². The predicted octanol–water partition coefficient (Wildman–Crippen LogP) is 3.92. The second kappa shape index (κ2) is 9.13. The summed E-state index contributed by atoms with van der Waals surface area (Å²) in [6.45, 7) is 2.48. The molecular formula is C26H25FN4O3. The first-order valence-corrected chi connectivity index (χ1v) is 11.4. The zero-order valence-corrected chi connectivity index (χ0v) is 18.6. The van der Waals surface area contributed by atoms with Gasteiger partial charge in [0.2, 0.25) is 5.91 Å². The molecule has 0 aromatic heterocycles. The van der Waals surface area contributed by atoms with E-state index in [1.54, 1.807) is 18.2 Å². The Hall–Kier alpha value is -3.94. The SMILES string of the molecule is O=C(NCc1ccc(F)cc1)C1Cc2cc([N+](=O)[O-])ccc2N2CCN(c3ccccc3)CC12. The minimum absolute atomic E-state index is 0.0330. The number of nitrogens with one attached hydrogen (secondary N) is 1. The summed E-state index contributed by atoms with van der Waals surface area (Å²) in [5, 5.41) is 14.4. The molecule has 8 heteroatoms. The number of rotatable bonds is 5. The summed E-state index contributed by atoms with van der Waals surface area (Å²) in [5.74, 6) is -0.799. The van der Waals surface area contributed by atoms with Crippen molar-refractivity contribution in [3.8, 4) is 0 Å². The number of fused-ring (bicyclic) bond motifs is 3. The topological polar surface area (TPSA) is 78.7 Å². The molecule has 2 heterocycles. The van der Waals surface area contributed by atoms with Crippen molar-refractivity contribution in [3.05, 3.63) is 99.9 Å². The normalized spacial score (nSPS) is 19.2. The number of carbonyl (C=O) groups excluding carboxylic acids is 1. The minimum Gasteiger partial charge on any atom is -0.368 e. The van der Waals surface area contributed by atoms with Gasteiger partial charge in [-0.2, -0.15) is 0 Å². The Bertz CT molecular complexity index is 1200. The van der Waals surface area contributed by atoms with Gasteiger partial charge in [-0.15, -0.1) is 0 Å². The maximum Gasteiger partial charge on any atom is 0.269 e. The van der Waals surface area contributed by atoms with Crippen LogP contribution in [0.2, 0.25) is 0 Å². The van der Waals surface area contributed by atoms with E-state index in [0.717, 1.165) is 29.0 Å². The van der Waals surface area contributed by atoms with Crippen LogP contribution in [0.15, 0.2) is 72.8 Å². The van der Waals surface area contributed by atoms with Gasteiger partial charge in [0.15, 0.2) is 0 Å². The quantitative estimate of drug-likeness (QED) is 0.461. The number of non-ortho nitro benzene ring substituents is 1. The number of nitrogens with zero attached hydrogens (tertiary/aromatic N) is 3. The van der Waals surface area contributed by atoms with Gasteiger partial charge < -0.3 is 15.1 Å². The summed E-state index contributed by atoms with van der Waals surface area (Å²) in [6, 6.07) is 21.0. The molecule has 3 aromatic rings. The van der Waals surface area contributed by atoms with Crippen molar-refractivity contribution in [2.45, 2.75) is 19.0 Å². The molecule has 34 heavy (non-hydrogen) atoms. The van der Waals surface area contributed by atoms with E-state index >= 15 is 0 Å². The molecule has 0 radical (unpaired) electrons. The summed E-state index contributed by atoms with van der Waals surface area (Å²) in [5.41, 5.74) is 3.74. The highest BCUT2D eigenvalue weighted by Crippen LogP contribution is 2.38. The van der Waals surface area contributed by atoms with Crippen LogP contribution < -0.4 is 15.1 Å². The van der Waals surface area contributed by atoms with E-state index in [0.29, 0.717) is 26.1 Å². The van der Waals surface area contributed by atoms with E-state index in [1.165, 1.54) is 18.2 Å². The fourth-order valence-corrected chi connectivity index (χ4v) is 5.02. The molecule has 1 saturated heterocycles. The standard InChI is InChI=1S/C26H25FN4O3/c27-20-8-6-18(7-9-20)16-28-26(32)23-15-19-14-22(31(33)34)10-11-24(19)30-13-12-29(17-25(23)30)21-4-2-1-3-5-21/h1-11,14,23,25H,12-13,15-17H2,(H,28,32). The zero-order chi connectivity index (χ0) is 23.7. The summed E-state index contributed by atoms with van der Waals surface area (Å²) >= 11 is 0. The van der Waals surface area contributed by atoms with Gasteiger partial charge in [-0.3, -0.25) is 14.9 Å². The van der Waals surface area contributed by atoms with E-state index in [2.05, 4.69) is 27.2 Å². The number of piperazine rings is 1. The average Bonchev–Trinajstić information content (AvgIpc) is 2.87. The van der Waals surface area contributed by atoms with Gasteiger partial charge in [0.1, 0.15) is 5.82 Å². The Morgan fingerprint density at radius 3 is 2.56 bits per heavy atom. The van der Waals surface area contributed by atoms with Gasteiger partial charge >= 0.3 is 0 Å². The van der Waals surface area contributed by atoms with Crippen LogP contribution in [0.25, 0.3) is 0 Å². The predicted molar refractivity (Wildman–Crippen MR) is 128 cm³/mol. The Balaban J connectivity index is 1.42. The molecule has 174 valence electrons. The number of amides is 1. The van der Waals surface area contributed by atoms with Crippen molar-refractivity contribution in [1.82, 2.24) is 5.32 Å². The first kappa shape index (κ1) is 21.9. The molecule has 7 nitrogen and oxygen atoms in total. The second-order valence-electron chi connectivity index (χ2n) is 8.77. The molecule has 2 aliphatic heterocycles. The van der Waals surface area contributed by atoms with Crippen LogP contribution in [-0.2, 0) is 17.8 Å². The molecule has 0 aliphatic carbocycles. The monoisotopic (exact) mass is 460 g/mol. The molecular weight excluding hydrogens is 435 g/mol. The molecule has 5 rings (SSSR count). The van der Waals surface area contributed by atoms with Crippen molar-refractivity contribution in [2.24, 2.45) is 5.92 Å². The third kappa shape index (κ3) is 4.31. The van der Waals surface area contributed by atoms with E-state index in [-0.39, 0.29) is 29.4 Å². The Morgan fingerprint density at radius 1 is 1.06 bits per heavy atom. The molecule has 2 unspecified atom stereocenters. The van der Waals surface area contributed by atoms with Crippen LogP contribution in [-0.4, -0.2) is 36.5 Å². The van der Waals surface area contributed by atoms with Crippen molar-refractivity contribution in [3.63, 3.8) is 0 Å². The second-order valence-corrected chi connectivity index (χ2v) is 8.77. The maximum absolute atomic E-state index is 13.4. The van der Waals surface area contributed by atoms with E-state index in [4.69, 9.17) is 0 Å². The molecule has 1 N–H and O–H groups in total. The molecule has 2 atom stereocenters. The van der Waals surface area contributed by atoms with Crippen LogP contribution in [0.3, 0.4) is 0 Å². The van der Waals surface area contributed by atoms with Crippen molar-refractivity contribution < 1.29 is 14.1 Å². The fourth-order valence-electron chi connectivity index (χ4n) is 5.02. The van der Waals surface area contributed by atoms with Crippen LogP contribution in [0.5, 0.6) is 0 Å². The number of hydrogen-bond donors (Lipinski definition) is 1. The summed E-state index contributed by atoms with van der Waals surface area (Å²) < 4.78 is 13.2. The largest absolute Gasteiger partial charge is 0.368 e. The Labute approximate surface area is 197 Å². The smallest absolute Gasteiger partial charge is 0.269 e. The summed E-state index contributed by atoms with van der Waals surface area (Å²) in [4.78, 5) is 28.9. The van der Waals surface area contributed by atoms with Gasteiger partial charge in [-0.05, 0) is 47.9 Å². The Morgan fingerprint density at radius 2 is 1.82 bits per heavy atom. The molecule has 0 bridgehead atoms. The lowest BCUT2D eigenvalue weighted by Gasteiger charge is -2.49. The number of nitro benzene ring substituents is 1. The number of anilines is 2. The molecule has 1 amide bonds. The van der Waals surface area contributed by atoms with Crippen LogP contribution in [0, 0.1) is 21.8 Å². The first-order valence-electron chi connectivity index (χ1n) is 11.4. The van der Waals surface area contributed by atoms with Crippen molar-refractivity contribution in [1.29, 1.82) is 0 Å². The third-order valence-electron chi connectivity index (χ3n) is 6.74. The summed E-state index contributed by atoms with van der Waals surface area (Å²) in [7, 11) is 0. The number of para-hydroxylation sites is 1. The van der Waals surface area contributed by atoms with Crippen LogP contribution in [0.1, 0.15) is 11.1 Å². The first-order chi connectivity index (χ1) is 16.5. The molecule has 1 fully saturated rings. The maximum atomic E-state index is 13.4. The number of halogens is 1. The highest BCUT2D eigenvalue weighted by molar-refractivity contribution is 5.82. The van der Waals surface area contributed by atoms with Crippen molar-refractivity contribution in [2.75, 3.05) is 29.4 Å². The molecule has 2 aliphatic rings. The third-order valence-corrected chi connectivity index (χ3v) is 6.74. The fraction of sp³-hybridized carbons (Fsp3) is 0.269. The number of benzene rings is 3. The van der Waals surface area contributed by atoms with Crippen molar-refractivity contribution >= 4 is 23.0 Å². The molecule has 0 saturated carbocycles. The Kier molecular flexibility index (Phi) is 5.88. The molecule has 0 spiro atoms.